The monoisotopic (exact) mass is 279 g/mol. The highest BCUT2D eigenvalue weighted by Crippen LogP contribution is 2.36. The molecule has 19 heavy (non-hydrogen) atoms. The van der Waals surface area contributed by atoms with E-state index in [4.69, 9.17) is 0 Å². The number of hydrogen-bond acceptors (Lipinski definition) is 3. The Morgan fingerprint density at radius 2 is 2.16 bits per heavy atom. The van der Waals surface area contributed by atoms with Crippen LogP contribution in [0, 0.1) is 0 Å². The highest BCUT2D eigenvalue weighted by atomic mass is 32.2. The number of anilines is 2. The van der Waals surface area contributed by atoms with Crippen molar-refractivity contribution in [2.24, 2.45) is 0 Å². The molecule has 2 rings (SSSR count). The van der Waals surface area contributed by atoms with Gasteiger partial charge >= 0.3 is 6.03 Å². The summed E-state index contributed by atoms with van der Waals surface area (Å²) in [6, 6.07) is 5.33. The Bertz CT molecular complexity index is 517. The molecule has 1 unspecified atom stereocenters. The maximum atomic E-state index is 11.6. The first kappa shape index (κ1) is 13.7. The first-order valence-corrected chi connectivity index (χ1v) is 7.03. The first-order chi connectivity index (χ1) is 8.95. The summed E-state index contributed by atoms with van der Waals surface area (Å²) in [4.78, 5) is 24.2. The Labute approximate surface area is 116 Å². The second-order valence-electron chi connectivity index (χ2n) is 4.71. The highest BCUT2D eigenvalue weighted by Gasteiger charge is 2.23. The lowest BCUT2D eigenvalue weighted by Gasteiger charge is -2.22. The third kappa shape index (κ3) is 3.41. The summed E-state index contributed by atoms with van der Waals surface area (Å²) in [5.74, 6) is -0.0127. The number of thioether (sulfide) groups is 1. The molecular formula is C13H17N3O2S. The van der Waals surface area contributed by atoms with Crippen molar-refractivity contribution in [3.05, 3.63) is 18.2 Å². The van der Waals surface area contributed by atoms with Crippen LogP contribution in [0.2, 0.25) is 0 Å². The van der Waals surface area contributed by atoms with E-state index in [9.17, 15) is 9.59 Å². The van der Waals surface area contributed by atoms with Gasteiger partial charge in [0, 0.05) is 16.6 Å². The highest BCUT2D eigenvalue weighted by molar-refractivity contribution is 8.00. The van der Waals surface area contributed by atoms with Gasteiger partial charge in [-0.15, -0.1) is 11.8 Å². The molecular weight excluding hydrogens is 262 g/mol. The topological polar surface area (TPSA) is 70.2 Å². The number of fused-ring (bicyclic) bond motifs is 1. The minimum absolute atomic E-state index is 0.0127. The van der Waals surface area contributed by atoms with E-state index < -0.39 is 0 Å². The number of carbonyl (C=O) groups is 2. The fraction of sp³-hybridized carbons (Fsp3) is 0.385. The van der Waals surface area contributed by atoms with Crippen molar-refractivity contribution in [2.45, 2.75) is 37.0 Å². The predicted molar refractivity (Wildman–Crippen MR) is 77.7 cm³/mol. The Kier molecular flexibility index (Phi) is 3.99. The van der Waals surface area contributed by atoms with Gasteiger partial charge < -0.3 is 16.0 Å². The molecule has 1 aliphatic rings. The molecule has 1 aromatic rings. The lowest BCUT2D eigenvalue weighted by Crippen LogP contribution is -2.34. The molecule has 1 aliphatic heterocycles. The standard InChI is InChI=1S/C13H17N3O2S/c1-7(2)14-13(18)15-9-4-5-11-10(6-9)16-12(17)8(3)19-11/h4-8H,1-3H3,(H,16,17)(H2,14,15,18). The summed E-state index contributed by atoms with van der Waals surface area (Å²) in [5.41, 5.74) is 1.41. The van der Waals surface area contributed by atoms with Crippen molar-refractivity contribution in [3.8, 4) is 0 Å². The minimum Gasteiger partial charge on any atom is -0.336 e. The molecule has 0 spiro atoms. The second-order valence-corrected chi connectivity index (χ2v) is 6.10. The fourth-order valence-corrected chi connectivity index (χ4v) is 2.65. The van der Waals surface area contributed by atoms with Gasteiger partial charge in [-0.1, -0.05) is 0 Å². The van der Waals surface area contributed by atoms with E-state index in [1.165, 1.54) is 11.8 Å². The van der Waals surface area contributed by atoms with Crippen LogP contribution in [0.4, 0.5) is 16.2 Å². The third-order valence-corrected chi connectivity index (χ3v) is 3.77. The van der Waals surface area contributed by atoms with Crippen molar-refractivity contribution < 1.29 is 9.59 Å². The summed E-state index contributed by atoms with van der Waals surface area (Å²) >= 11 is 1.52. The Morgan fingerprint density at radius 1 is 1.42 bits per heavy atom. The van der Waals surface area contributed by atoms with Gasteiger partial charge in [-0.2, -0.15) is 0 Å². The number of hydrogen-bond donors (Lipinski definition) is 3. The maximum absolute atomic E-state index is 11.6. The summed E-state index contributed by atoms with van der Waals surface area (Å²) in [5, 5.41) is 8.23. The molecule has 0 aromatic heterocycles. The quantitative estimate of drug-likeness (QED) is 0.779. The summed E-state index contributed by atoms with van der Waals surface area (Å²) in [7, 11) is 0. The van der Waals surface area contributed by atoms with E-state index in [2.05, 4.69) is 16.0 Å². The SMILES string of the molecule is CC(C)NC(=O)Nc1ccc2c(c1)NC(=O)C(C)S2. The van der Waals surface area contributed by atoms with E-state index in [0.29, 0.717) is 5.69 Å². The Hall–Kier alpha value is -1.69. The zero-order valence-corrected chi connectivity index (χ0v) is 11.9. The molecule has 5 nitrogen and oxygen atoms in total. The first-order valence-electron chi connectivity index (χ1n) is 6.15. The minimum atomic E-state index is -0.252. The van der Waals surface area contributed by atoms with Crippen LogP contribution in [0.3, 0.4) is 0 Å². The molecule has 6 heteroatoms. The zero-order valence-electron chi connectivity index (χ0n) is 11.1. The smallest absolute Gasteiger partial charge is 0.319 e. The van der Waals surface area contributed by atoms with Gasteiger partial charge in [-0.3, -0.25) is 4.79 Å². The predicted octanol–water partition coefficient (Wildman–Crippen LogP) is 2.65. The molecule has 0 fully saturated rings. The Morgan fingerprint density at radius 3 is 2.84 bits per heavy atom. The lowest BCUT2D eigenvalue weighted by atomic mass is 10.2. The number of carbonyl (C=O) groups excluding carboxylic acids is 2. The van der Waals surface area contributed by atoms with E-state index in [1.54, 1.807) is 6.07 Å². The van der Waals surface area contributed by atoms with Gasteiger partial charge in [-0.25, -0.2) is 4.79 Å². The van der Waals surface area contributed by atoms with Crippen LogP contribution >= 0.6 is 11.8 Å². The average Bonchev–Trinajstić information content (AvgIpc) is 2.30. The molecule has 1 atom stereocenters. The van der Waals surface area contributed by atoms with E-state index in [-0.39, 0.29) is 23.2 Å². The normalized spacial score (nSPS) is 17.7. The van der Waals surface area contributed by atoms with Gasteiger partial charge in [0.25, 0.3) is 0 Å². The molecule has 0 saturated heterocycles. The van der Waals surface area contributed by atoms with Gasteiger partial charge in [0.1, 0.15) is 0 Å². The molecule has 1 heterocycles. The molecule has 0 saturated carbocycles. The second kappa shape index (κ2) is 5.52. The number of amides is 3. The Balaban J connectivity index is 2.11. The lowest BCUT2D eigenvalue weighted by molar-refractivity contribution is -0.115. The van der Waals surface area contributed by atoms with Crippen molar-refractivity contribution in [3.63, 3.8) is 0 Å². The number of benzene rings is 1. The van der Waals surface area contributed by atoms with E-state index in [0.717, 1.165) is 10.6 Å². The third-order valence-electron chi connectivity index (χ3n) is 2.59. The van der Waals surface area contributed by atoms with Crippen LogP contribution in [0.25, 0.3) is 0 Å². The maximum Gasteiger partial charge on any atom is 0.319 e. The zero-order chi connectivity index (χ0) is 14.0. The molecule has 0 aliphatic carbocycles. The van der Waals surface area contributed by atoms with Crippen LogP contribution in [0.15, 0.2) is 23.1 Å². The van der Waals surface area contributed by atoms with Gasteiger partial charge in [-0.05, 0) is 39.0 Å². The number of urea groups is 1. The molecule has 3 N–H and O–H groups in total. The summed E-state index contributed by atoms with van der Waals surface area (Å²) in [6.45, 7) is 5.65. The van der Waals surface area contributed by atoms with Crippen molar-refractivity contribution in [2.75, 3.05) is 10.6 Å². The number of rotatable bonds is 2. The molecule has 102 valence electrons. The van der Waals surface area contributed by atoms with Crippen molar-refractivity contribution >= 4 is 35.1 Å². The van der Waals surface area contributed by atoms with E-state index in [1.807, 2.05) is 32.9 Å². The molecule has 0 radical (unpaired) electrons. The van der Waals surface area contributed by atoms with Gasteiger partial charge in [0.2, 0.25) is 5.91 Å². The molecule has 0 bridgehead atoms. The number of nitrogens with one attached hydrogen (secondary N) is 3. The average molecular weight is 279 g/mol. The largest absolute Gasteiger partial charge is 0.336 e. The van der Waals surface area contributed by atoms with Gasteiger partial charge in [0.05, 0.1) is 10.9 Å². The molecule has 3 amide bonds. The van der Waals surface area contributed by atoms with Crippen LogP contribution in [0.5, 0.6) is 0 Å². The van der Waals surface area contributed by atoms with Crippen LogP contribution in [0.1, 0.15) is 20.8 Å². The van der Waals surface area contributed by atoms with Gasteiger partial charge in [0.15, 0.2) is 0 Å². The summed E-state index contributed by atoms with van der Waals surface area (Å²) < 4.78 is 0. The van der Waals surface area contributed by atoms with Crippen molar-refractivity contribution in [1.29, 1.82) is 0 Å². The fourth-order valence-electron chi connectivity index (χ4n) is 1.72. The van der Waals surface area contributed by atoms with Crippen LogP contribution in [-0.4, -0.2) is 23.2 Å². The molecule has 1 aromatic carbocycles. The summed E-state index contributed by atoms with van der Waals surface area (Å²) in [6.07, 6.45) is 0. The van der Waals surface area contributed by atoms with Crippen molar-refractivity contribution in [1.82, 2.24) is 5.32 Å². The van der Waals surface area contributed by atoms with Crippen LogP contribution < -0.4 is 16.0 Å². The van der Waals surface area contributed by atoms with E-state index >= 15 is 0 Å². The van der Waals surface area contributed by atoms with Crippen LogP contribution in [-0.2, 0) is 4.79 Å².